The average molecular weight is 290 g/mol. The summed E-state index contributed by atoms with van der Waals surface area (Å²) >= 11 is 0. The second kappa shape index (κ2) is 4.98. The predicted molar refractivity (Wildman–Crippen MR) is 59.6 cm³/mol. The summed E-state index contributed by atoms with van der Waals surface area (Å²) in [6.45, 7) is -0.551. The summed E-state index contributed by atoms with van der Waals surface area (Å²) in [5.41, 5.74) is -1.66. The topological polar surface area (TPSA) is 166 Å². The van der Waals surface area contributed by atoms with Crippen molar-refractivity contribution >= 4 is 17.9 Å². The Morgan fingerprint density at radius 3 is 2.35 bits per heavy atom. The molecule has 0 bridgehead atoms. The van der Waals surface area contributed by atoms with E-state index < -0.39 is 41.8 Å². The van der Waals surface area contributed by atoms with Crippen LogP contribution in [0.5, 0.6) is 0 Å². The van der Waals surface area contributed by atoms with Crippen molar-refractivity contribution in [2.24, 2.45) is 0 Å². The van der Waals surface area contributed by atoms with Gasteiger partial charge < -0.3 is 25.2 Å². The third kappa shape index (κ3) is 2.58. The van der Waals surface area contributed by atoms with E-state index in [2.05, 4.69) is 5.32 Å². The van der Waals surface area contributed by atoms with Gasteiger partial charge in [-0.3, -0.25) is 19.7 Å². The summed E-state index contributed by atoms with van der Waals surface area (Å²) in [5.74, 6) is -3.68. The Kier molecular flexibility index (Phi) is 3.65. The Labute approximate surface area is 112 Å². The number of carbonyl (C=O) groups is 3. The van der Waals surface area contributed by atoms with Crippen molar-refractivity contribution in [2.75, 3.05) is 13.3 Å². The van der Waals surface area contributed by atoms with E-state index in [0.717, 1.165) is 0 Å². The number of nitrogens with zero attached hydrogens (tertiary/aromatic N) is 1. The average Bonchev–Trinajstić information content (AvgIpc) is 3.20. The van der Waals surface area contributed by atoms with Gasteiger partial charge in [0.1, 0.15) is 19.0 Å². The lowest BCUT2D eigenvalue weighted by atomic mass is 10.1. The summed E-state index contributed by atoms with van der Waals surface area (Å²) in [6, 6.07) is -1.77. The lowest BCUT2D eigenvalue weighted by Gasteiger charge is -2.10. The molecule has 0 aromatic rings. The standard InChI is InChI=1S/C10H14N2O8/c13-5(14)1-4-7(15)12(4)3-20-2-10(9(18)19)6(11-10)8(16)17/h4,6-7,11,15H,1-3H2,(H,13,14)(H,16,17)(H,18,19). The maximum absolute atomic E-state index is 11.0. The van der Waals surface area contributed by atoms with Crippen molar-refractivity contribution in [2.45, 2.75) is 30.3 Å². The van der Waals surface area contributed by atoms with Crippen molar-refractivity contribution in [3.8, 4) is 0 Å². The first-order valence-electron chi connectivity index (χ1n) is 5.77. The Morgan fingerprint density at radius 1 is 1.25 bits per heavy atom. The van der Waals surface area contributed by atoms with Gasteiger partial charge in [0, 0.05) is 0 Å². The molecule has 10 heteroatoms. The zero-order valence-electron chi connectivity index (χ0n) is 10.2. The van der Waals surface area contributed by atoms with E-state index in [-0.39, 0.29) is 19.8 Å². The maximum Gasteiger partial charge on any atom is 0.328 e. The number of ether oxygens (including phenoxy) is 1. The first-order chi connectivity index (χ1) is 9.29. The van der Waals surface area contributed by atoms with Crippen LogP contribution in [0.4, 0.5) is 0 Å². The highest BCUT2D eigenvalue weighted by Crippen LogP contribution is 2.31. The number of aliphatic hydroxyl groups excluding tert-OH is 1. The second-order valence-corrected chi connectivity index (χ2v) is 4.76. The Bertz CT molecular complexity index is 455. The molecule has 0 spiro atoms. The number of carboxylic acids is 3. The number of hydrogen-bond acceptors (Lipinski definition) is 7. The van der Waals surface area contributed by atoms with Crippen molar-refractivity contribution < 1.29 is 39.5 Å². The van der Waals surface area contributed by atoms with Gasteiger partial charge in [-0.25, -0.2) is 4.90 Å². The zero-order chi connectivity index (χ0) is 15.1. The van der Waals surface area contributed by atoms with Gasteiger partial charge in [0.05, 0.1) is 19.1 Å². The summed E-state index contributed by atoms with van der Waals surface area (Å²) in [7, 11) is 0. The molecule has 2 fully saturated rings. The number of hydrogen-bond donors (Lipinski definition) is 5. The Balaban J connectivity index is 1.78. The van der Waals surface area contributed by atoms with Gasteiger partial charge in [0.15, 0.2) is 5.54 Å². The molecule has 0 radical (unpaired) electrons. The molecule has 0 aromatic heterocycles. The minimum absolute atomic E-state index is 0.165. The molecule has 2 rings (SSSR count). The van der Waals surface area contributed by atoms with Crippen LogP contribution in [0.1, 0.15) is 6.42 Å². The molecule has 2 heterocycles. The lowest BCUT2D eigenvalue weighted by Crippen LogP contribution is -2.37. The van der Waals surface area contributed by atoms with Crippen LogP contribution in [-0.4, -0.2) is 80.4 Å². The van der Waals surface area contributed by atoms with E-state index >= 15 is 0 Å². The molecule has 2 aliphatic heterocycles. The fourth-order valence-electron chi connectivity index (χ4n) is 2.06. The highest BCUT2D eigenvalue weighted by molar-refractivity contribution is 5.95. The van der Waals surface area contributed by atoms with Gasteiger partial charge in [0.2, 0.25) is 0 Å². The molecule has 0 aromatic carbocycles. The molecule has 0 saturated carbocycles. The zero-order valence-corrected chi connectivity index (χ0v) is 10.2. The monoisotopic (exact) mass is 290 g/mol. The Hall–Kier alpha value is -1.75. The van der Waals surface area contributed by atoms with Gasteiger partial charge >= 0.3 is 17.9 Å². The lowest BCUT2D eigenvalue weighted by molar-refractivity contribution is -0.145. The quantitative estimate of drug-likeness (QED) is 0.297. The minimum atomic E-state index is -1.66. The van der Waals surface area contributed by atoms with Crippen LogP contribution >= 0.6 is 0 Å². The van der Waals surface area contributed by atoms with Crippen LogP contribution in [0.25, 0.3) is 0 Å². The summed E-state index contributed by atoms with van der Waals surface area (Å²) in [4.78, 5) is 33.5. The molecule has 0 aliphatic carbocycles. The normalized spacial score (nSPS) is 38.2. The van der Waals surface area contributed by atoms with Crippen molar-refractivity contribution in [1.82, 2.24) is 10.2 Å². The van der Waals surface area contributed by atoms with Crippen molar-refractivity contribution in [1.29, 1.82) is 0 Å². The summed E-state index contributed by atoms with van der Waals surface area (Å²) in [6.07, 6.45) is -1.18. The third-order valence-electron chi connectivity index (χ3n) is 3.41. The van der Waals surface area contributed by atoms with E-state index in [1.54, 1.807) is 0 Å². The number of nitrogens with one attached hydrogen (secondary N) is 1. The highest BCUT2D eigenvalue weighted by Gasteiger charge is 2.65. The molecule has 5 N–H and O–H groups in total. The molecule has 5 unspecified atom stereocenters. The first kappa shape index (κ1) is 14.7. The number of rotatable bonds is 8. The molecule has 0 amide bonds. The second-order valence-electron chi connectivity index (χ2n) is 4.76. The number of carboxylic acid groups (broad SMARTS) is 3. The molecular weight excluding hydrogens is 276 g/mol. The number of aliphatic carboxylic acids is 3. The van der Waals surface area contributed by atoms with Crippen LogP contribution < -0.4 is 5.32 Å². The fraction of sp³-hybridized carbons (Fsp3) is 0.700. The van der Waals surface area contributed by atoms with Crippen molar-refractivity contribution in [3.05, 3.63) is 0 Å². The first-order valence-corrected chi connectivity index (χ1v) is 5.77. The van der Waals surface area contributed by atoms with Crippen molar-refractivity contribution in [3.63, 3.8) is 0 Å². The maximum atomic E-state index is 11.0. The van der Waals surface area contributed by atoms with Crippen LogP contribution in [0, 0.1) is 0 Å². The summed E-state index contributed by atoms with van der Waals surface area (Å²) in [5, 5.41) is 38.0. The largest absolute Gasteiger partial charge is 0.481 e. The highest BCUT2D eigenvalue weighted by atomic mass is 16.5. The van der Waals surface area contributed by atoms with Gasteiger partial charge in [-0.2, -0.15) is 0 Å². The molecule has 20 heavy (non-hydrogen) atoms. The molecule has 10 nitrogen and oxygen atoms in total. The Morgan fingerprint density at radius 2 is 1.90 bits per heavy atom. The van der Waals surface area contributed by atoms with Crippen LogP contribution in [0.15, 0.2) is 0 Å². The smallest absolute Gasteiger partial charge is 0.328 e. The molecule has 2 saturated heterocycles. The predicted octanol–water partition coefficient (Wildman–Crippen LogP) is -2.68. The van der Waals surface area contributed by atoms with Crippen LogP contribution in [-0.2, 0) is 19.1 Å². The van der Waals surface area contributed by atoms with Gasteiger partial charge in [-0.05, 0) is 0 Å². The fourth-order valence-corrected chi connectivity index (χ4v) is 2.06. The minimum Gasteiger partial charge on any atom is -0.481 e. The third-order valence-corrected chi connectivity index (χ3v) is 3.41. The van der Waals surface area contributed by atoms with E-state index in [1.165, 1.54) is 4.90 Å². The van der Waals surface area contributed by atoms with Crippen LogP contribution in [0.3, 0.4) is 0 Å². The molecule has 2 aliphatic rings. The molecule has 112 valence electrons. The van der Waals surface area contributed by atoms with Gasteiger partial charge in [-0.15, -0.1) is 0 Å². The van der Waals surface area contributed by atoms with Gasteiger partial charge in [0.25, 0.3) is 0 Å². The number of aliphatic hydroxyl groups is 1. The van der Waals surface area contributed by atoms with E-state index in [9.17, 15) is 19.5 Å². The molecule has 5 atom stereocenters. The molecular formula is C10H14N2O8. The van der Waals surface area contributed by atoms with Gasteiger partial charge in [-0.1, -0.05) is 0 Å². The van der Waals surface area contributed by atoms with E-state index in [0.29, 0.717) is 0 Å². The SMILES string of the molecule is O=C(O)CC1C(O)N1COCC1(C(=O)O)NC1C(=O)O. The summed E-state index contributed by atoms with van der Waals surface area (Å²) < 4.78 is 5.08. The van der Waals surface area contributed by atoms with Crippen LogP contribution in [0.2, 0.25) is 0 Å². The van der Waals surface area contributed by atoms with E-state index in [1.807, 2.05) is 0 Å². The van der Waals surface area contributed by atoms with E-state index in [4.69, 9.17) is 20.1 Å².